The molecule has 9 heteroatoms. The largest absolute Gasteiger partial charge is 0.496 e. The Labute approximate surface area is 177 Å². The molecule has 0 aliphatic carbocycles. The lowest BCUT2D eigenvalue weighted by Gasteiger charge is -2.10. The normalized spacial score (nSPS) is 10.5. The van der Waals surface area contributed by atoms with E-state index >= 15 is 0 Å². The van der Waals surface area contributed by atoms with Gasteiger partial charge in [0.2, 0.25) is 5.88 Å². The summed E-state index contributed by atoms with van der Waals surface area (Å²) < 4.78 is 12.6. The van der Waals surface area contributed by atoms with E-state index in [9.17, 15) is 4.79 Å². The lowest BCUT2D eigenvalue weighted by atomic mass is 10.2. The van der Waals surface area contributed by atoms with Crippen molar-refractivity contribution < 1.29 is 14.3 Å². The van der Waals surface area contributed by atoms with Gasteiger partial charge < -0.3 is 14.8 Å². The van der Waals surface area contributed by atoms with Crippen molar-refractivity contribution in [2.45, 2.75) is 0 Å². The second kappa shape index (κ2) is 8.62. The highest BCUT2D eigenvalue weighted by Crippen LogP contribution is 2.25. The lowest BCUT2D eigenvalue weighted by molar-refractivity contribution is 0.102. The molecule has 0 unspecified atom stereocenters. The van der Waals surface area contributed by atoms with Crippen LogP contribution in [0.4, 0.5) is 5.69 Å². The van der Waals surface area contributed by atoms with Crippen LogP contribution in [0.3, 0.4) is 0 Å². The van der Waals surface area contributed by atoms with Crippen LogP contribution in [-0.2, 0) is 0 Å². The minimum atomic E-state index is -0.331. The molecular weight excluding hydrogens is 406 g/mol. The van der Waals surface area contributed by atoms with Crippen LogP contribution in [0.2, 0.25) is 5.02 Å². The molecule has 30 heavy (non-hydrogen) atoms. The van der Waals surface area contributed by atoms with Crippen molar-refractivity contribution in [2.75, 3.05) is 12.4 Å². The number of carbonyl (C=O) groups is 1. The van der Waals surface area contributed by atoms with Gasteiger partial charge in [-0.3, -0.25) is 4.79 Å². The molecule has 4 rings (SSSR count). The van der Waals surface area contributed by atoms with Crippen LogP contribution in [0, 0.1) is 0 Å². The van der Waals surface area contributed by atoms with Crippen LogP contribution in [0.15, 0.2) is 73.3 Å². The highest BCUT2D eigenvalue weighted by Gasteiger charge is 2.13. The Morgan fingerprint density at radius 1 is 1.10 bits per heavy atom. The first-order chi connectivity index (χ1) is 14.6. The Kier molecular flexibility index (Phi) is 5.58. The van der Waals surface area contributed by atoms with E-state index in [4.69, 9.17) is 21.1 Å². The summed E-state index contributed by atoms with van der Waals surface area (Å²) in [4.78, 5) is 20.8. The van der Waals surface area contributed by atoms with Gasteiger partial charge in [-0.1, -0.05) is 11.6 Å². The van der Waals surface area contributed by atoms with Gasteiger partial charge in [-0.25, -0.2) is 14.6 Å². The molecule has 0 atom stereocenters. The van der Waals surface area contributed by atoms with Crippen molar-refractivity contribution in [3.05, 3.63) is 83.9 Å². The summed E-state index contributed by atoms with van der Waals surface area (Å²) in [6.07, 6.45) is 4.84. The van der Waals surface area contributed by atoms with E-state index in [0.717, 1.165) is 0 Å². The number of anilines is 1. The third-order valence-corrected chi connectivity index (χ3v) is 4.34. The summed E-state index contributed by atoms with van der Waals surface area (Å²) in [6.45, 7) is 0. The third-order valence-electron chi connectivity index (χ3n) is 4.11. The zero-order valence-electron chi connectivity index (χ0n) is 15.8. The predicted molar refractivity (Wildman–Crippen MR) is 112 cm³/mol. The standard InChI is InChI=1S/C21H16ClN5O3/c1-29-18-8-3-14(22)11-17(18)21(28)26-15-4-6-16(7-5-15)30-20-12-19(23-13-24-20)27-10-2-9-25-27/h2-13H,1H3,(H,26,28). The Morgan fingerprint density at radius 3 is 2.67 bits per heavy atom. The summed E-state index contributed by atoms with van der Waals surface area (Å²) in [6, 6.07) is 15.2. The monoisotopic (exact) mass is 421 g/mol. The minimum Gasteiger partial charge on any atom is -0.496 e. The first-order valence-electron chi connectivity index (χ1n) is 8.87. The Balaban J connectivity index is 1.45. The van der Waals surface area contributed by atoms with Gasteiger partial charge >= 0.3 is 0 Å². The SMILES string of the molecule is COc1ccc(Cl)cc1C(=O)Nc1ccc(Oc2cc(-n3cccn3)ncn2)cc1. The molecule has 0 fully saturated rings. The molecule has 0 spiro atoms. The number of hydrogen-bond donors (Lipinski definition) is 1. The lowest BCUT2D eigenvalue weighted by Crippen LogP contribution is -2.13. The maximum Gasteiger partial charge on any atom is 0.259 e. The predicted octanol–water partition coefficient (Wildman–Crippen LogP) is 4.37. The number of benzene rings is 2. The number of hydrogen-bond acceptors (Lipinski definition) is 6. The van der Waals surface area contributed by atoms with E-state index in [1.807, 2.05) is 0 Å². The van der Waals surface area contributed by atoms with Gasteiger partial charge in [0.05, 0.1) is 12.7 Å². The van der Waals surface area contributed by atoms with E-state index in [2.05, 4.69) is 20.4 Å². The number of amides is 1. The van der Waals surface area contributed by atoms with Crippen molar-refractivity contribution in [3.63, 3.8) is 0 Å². The van der Waals surface area contributed by atoms with Crippen LogP contribution >= 0.6 is 11.6 Å². The fraction of sp³-hybridized carbons (Fsp3) is 0.0476. The second-order valence-corrected chi connectivity index (χ2v) is 6.53. The van der Waals surface area contributed by atoms with E-state index in [0.29, 0.717) is 39.5 Å². The van der Waals surface area contributed by atoms with E-state index in [1.54, 1.807) is 71.7 Å². The summed E-state index contributed by atoms with van der Waals surface area (Å²) >= 11 is 5.99. The molecule has 2 aromatic heterocycles. The average Bonchev–Trinajstić information content (AvgIpc) is 3.30. The Hall–Kier alpha value is -3.91. The number of nitrogens with one attached hydrogen (secondary N) is 1. The molecular formula is C21H16ClN5O3. The van der Waals surface area contributed by atoms with Crippen LogP contribution in [-0.4, -0.2) is 32.8 Å². The van der Waals surface area contributed by atoms with Gasteiger partial charge in [-0.2, -0.15) is 5.10 Å². The Morgan fingerprint density at radius 2 is 1.93 bits per heavy atom. The summed E-state index contributed by atoms with van der Waals surface area (Å²) in [5.74, 6) is 1.62. The molecule has 2 heterocycles. The molecule has 1 N–H and O–H groups in total. The second-order valence-electron chi connectivity index (χ2n) is 6.09. The van der Waals surface area contributed by atoms with Crippen LogP contribution < -0.4 is 14.8 Å². The molecule has 8 nitrogen and oxygen atoms in total. The minimum absolute atomic E-state index is 0.331. The van der Waals surface area contributed by atoms with Gasteiger partial charge in [0.15, 0.2) is 5.82 Å². The fourth-order valence-electron chi connectivity index (χ4n) is 2.70. The number of ether oxygens (including phenoxy) is 2. The highest BCUT2D eigenvalue weighted by molar-refractivity contribution is 6.31. The van der Waals surface area contributed by atoms with E-state index in [1.165, 1.54) is 13.4 Å². The molecule has 0 radical (unpaired) electrons. The first kappa shape index (κ1) is 19.4. The van der Waals surface area contributed by atoms with Crippen molar-refractivity contribution in [3.8, 4) is 23.2 Å². The smallest absolute Gasteiger partial charge is 0.259 e. The molecule has 0 bridgehead atoms. The third kappa shape index (κ3) is 4.39. The van der Waals surface area contributed by atoms with Crippen LogP contribution in [0.25, 0.3) is 5.82 Å². The van der Waals surface area contributed by atoms with Crippen LogP contribution in [0.1, 0.15) is 10.4 Å². The van der Waals surface area contributed by atoms with Gasteiger partial charge in [0.1, 0.15) is 17.8 Å². The summed E-state index contributed by atoms with van der Waals surface area (Å²) in [5.41, 5.74) is 0.937. The number of methoxy groups -OCH3 is 1. The molecule has 2 aromatic carbocycles. The number of halogens is 1. The molecule has 4 aromatic rings. The molecule has 1 amide bonds. The number of carbonyl (C=O) groups excluding carboxylic acids is 1. The van der Waals surface area contributed by atoms with Crippen molar-refractivity contribution >= 4 is 23.2 Å². The Bertz CT molecular complexity index is 1160. The summed E-state index contributed by atoms with van der Waals surface area (Å²) in [5, 5.41) is 7.39. The quantitative estimate of drug-likeness (QED) is 0.497. The maximum atomic E-state index is 12.6. The zero-order chi connectivity index (χ0) is 20.9. The number of rotatable bonds is 6. The molecule has 0 aliphatic heterocycles. The van der Waals surface area contributed by atoms with E-state index in [-0.39, 0.29) is 5.91 Å². The molecule has 0 aliphatic rings. The van der Waals surface area contributed by atoms with Crippen molar-refractivity contribution in [2.24, 2.45) is 0 Å². The van der Waals surface area contributed by atoms with Crippen molar-refractivity contribution in [1.29, 1.82) is 0 Å². The maximum absolute atomic E-state index is 12.6. The first-order valence-corrected chi connectivity index (χ1v) is 9.25. The van der Waals surface area contributed by atoms with Gasteiger partial charge in [-0.05, 0) is 48.5 Å². The zero-order valence-corrected chi connectivity index (χ0v) is 16.6. The van der Waals surface area contributed by atoms with Gasteiger partial charge in [-0.15, -0.1) is 0 Å². The van der Waals surface area contributed by atoms with E-state index < -0.39 is 0 Å². The number of aromatic nitrogens is 4. The van der Waals surface area contributed by atoms with Crippen LogP contribution in [0.5, 0.6) is 17.4 Å². The average molecular weight is 422 g/mol. The summed E-state index contributed by atoms with van der Waals surface area (Å²) in [7, 11) is 1.50. The topological polar surface area (TPSA) is 91.2 Å². The molecule has 0 saturated heterocycles. The molecule has 0 saturated carbocycles. The van der Waals surface area contributed by atoms with Gasteiger partial charge in [0, 0.05) is 29.2 Å². The van der Waals surface area contributed by atoms with Gasteiger partial charge in [0.25, 0.3) is 5.91 Å². The number of nitrogens with zero attached hydrogens (tertiary/aromatic N) is 4. The molecule has 150 valence electrons. The highest BCUT2D eigenvalue weighted by atomic mass is 35.5. The van der Waals surface area contributed by atoms with Crippen molar-refractivity contribution in [1.82, 2.24) is 19.7 Å². The fourth-order valence-corrected chi connectivity index (χ4v) is 2.87.